The molecule has 0 aromatic carbocycles. The van der Waals surface area contributed by atoms with Crippen molar-refractivity contribution >= 4 is 42.2 Å². The van der Waals surface area contributed by atoms with Crippen molar-refractivity contribution in [1.29, 1.82) is 0 Å². The molecule has 0 aliphatic rings. The number of carbonyl (C=O) groups excluding carboxylic acids is 2. The van der Waals surface area contributed by atoms with Gasteiger partial charge in [0, 0.05) is 0 Å². The van der Waals surface area contributed by atoms with Gasteiger partial charge in [-0.3, -0.25) is 0 Å². The number of carbonyl (C=O) groups is 3. The van der Waals surface area contributed by atoms with Gasteiger partial charge in [0.05, 0.1) is 0 Å². The van der Waals surface area contributed by atoms with Crippen LogP contribution in [-0.2, 0) is 24.4 Å². The Morgan fingerprint density at radius 2 is 1.74 bits per heavy atom. The Hall–Kier alpha value is -0.962. The first-order valence-corrected chi connectivity index (χ1v) is 12.8. The summed E-state index contributed by atoms with van der Waals surface area (Å²) in [5.41, 5.74) is 0. The summed E-state index contributed by atoms with van der Waals surface area (Å²) < 4.78 is 23.5. The number of carboxylic acid groups (broad SMARTS) is 1. The molecule has 0 saturated heterocycles. The maximum atomic E-state index is 12.9. The number of likely N-dealkylation sites (N-methyl/N-ethyl adjacent to an activating group) is 1. The van der Waals surface area contributed by atoms with Crippen molar-refractivity contribution in [2.45, 2.75) is 63.4 Å². The Bertz CT molecular complexity index is 640. The molecule has 0 aliphatic heterocycles. The van der Waals surface area contributed by atoms with Gasteiger partial charge in [-0.15, -0.1) is 0 Å². The Kier molecular flexibility index (Phi) is 10.7. The van der Waals surface area contributed by atoms with E-state index < -0.39 is 52.7 Å². The van der Waals surface area contributed by atoms with Gasteiger partial charge in [-0.05, 0) is 0 Å². The summed E-state index contributed by atoms with van der Waals surface area (Å²) in [6, 6.07) is -1.38. The summed E-state index contributed by atoms with van der Waals surface area (Å²) in [5.74, 6) is -1.99. The number of rotatable bonds is 13. The molecule has 0 radical (unpaired) electrons. The van der Waals surface area contributed by atoms with Crippen LogP contribution in [0.15, 0.2) is 0 Å². The minimum absolute atomic E-state index is 0.0311. The summed E-state index contributed by atoms with van der Waals surface area (Å²) in [5, 5.41) is 15.2. The van der Waals surface area contributed by atoms with Crippen molar-refractivity contribution in [2.24, 2.45) is 5.92 Å². The van der Waals surface area contributed by atoms with Gasteiger partial charge in [0.25, 0.3) is 0 Å². The number of hydrogen-bond acceptors (Lipinski definition) is 6. The van der Waals surface area contributed by atoms with Crippen molar-refractivity contribution in [1.82, 2.24) is 15.4 Å². The van der Waals surface area contributed by atoms with Crippen molar-refractivity contribution in [2.75, 3.05) is 13.3 Å². The standard InChI is InChI=1S/C16H32AsN3O6S/c1-7-8-9-16(15(23)24,20-27(6,25)26)17-13(21)12(10(2)3)19-14(22)11(4)18-5/h10-12,17-18,20H,7-9H2,1-6H3,(H,19,22)(H,23,24). The Labute approximate surface area is 168 Å². The van der Waals surface area contributed by atoms with Gasteiger partial charge in [0.1, 0.15) is 0 Å². The van der Waals surface area contributed by atoms with E-state index in [-0.39, 0.29) is 18.2 Å². The van der Waals surface area contributed by atoms with E-state index >= 15 is 0 Å². The zero-order valence-electron chi connectivity index (χ0n) is 16.8. The SMILES string of the molecule is CCCCC(NS(C)(=O)=O)([AsH]C(=O)C(NC(=O)C(C)NC)C(C)C)C(=O)O. The molecule has 4 unspecified atom stereocenters. The molecule has 0 spiro atoms. The Balaban J connectivity index is 5.72. The minimum atomic E-state index is -3.84. The van der Waals surface area contributed by atoms with Crippen molar-refractivity contribution in [3.05, 3.63) is 0 Å². The summed E-state index contributed by atoms with van der Waals surface area (Å²) >= 11 is -1.97. The Morgan fingerprint density at radius 1 is 1.19 bits per heavy atom. The second-order valence-electron chi connectivity index (χ2n) is 6.92. The van der Waals surface area contributed by atoms with E-state index in [1.807, 2.05) is 6.92 Å². The molecule has 0 aromatic rings. The molecule has 0 aromatic heterocycles. The molecule has 4 atom stereocenters. The number of unbranched alkanes of at least 4 members (excludes halogenated alkanes) is 1. The van der Waals surface area contributed by atoms with Crippen LogP contribution in [0.4, 0.5) is 0 Å². The second kappa shape index (κ2) is 11.1. The van der Waals surface area contributed by atoms with Crippen LogP contribution < -0.4 is 15.4 Å². The van der Waals surface area contributed by atoms with Crippen molar-refractivity contribution in [3.63, 3.8) is 0 Å². The van der Waals surface area contributed by atoms with E-state index in [1.165, 1.54) is 0 Å². The normalized spacial score (nSPS) is 16.9. The summed E-state index contributed by atoms with van der Waals surface area (Å²) in [6.07, 6.45) is 2.03. The van der Waals surface area contributed by atoms with E-state index in [2.05, 4.69) is 15.4 Å². The van der Waals surface area contributed by atoms with Gasteiger partial charge in [-0.1, -0.05) is 0 Å². The first-order chi connectivity index (χ1) is 12.3. The van der Waals surface area contributed by atoms with Crippen LogP contribution in [-0.4, -0.2) is 75.4 Å². The van der Waals surface area contributed by atoms with E-state index in [9.17, 15) is 27.9 Å². The van der Waals surface area contributed by atoms with Gasteiger partial charge < -0.3 is 0 Å². The molecule has 0 fully saturated rings. The molecule has 9 nitrogen and oxygen atoms in total. The van der Waals surface area contributed by atoms with Crippen LogP contribution in [0.5, 0.6) is 0 Å². The van der Waals surface area contributed by atoms with Crippen LogP contribution >= 0.6 is 0 Å². The quantitative estimate of drug-likeness (QED) is 0.259. The number of sulfonamides is 1. The fraction of sp³-hybridized carbons (Fsp3) is 0.812. The molecule has 4 N–H and O–H groups in total. The summed E-state index contributed by atoms with van der Waals surface area (Å²) in [4.78, 5) is 37.0. The topological polar surface area (TPSA) is 142 Å². The van der Waals surface area contributed by atoms with Crippen LogP contribution in [0, 0.1) is 5.92 Å². The molecule has 1 amide bonds. The molecule has 0 rings (SSSR count). The first-order valence-electron chi connectivity index (χ1n) is 8.81. The molecule has 27 heavy (non-hydrogen) atoms. The predicted octanol–water partition coefficient (Wildman–Crippen LogP) is -0.781. The summed E-state index contributed by atoms with van der Waals surface area (Å²) in [6.45, 7) is 6.99. The fourth-order valence-electron chi connectivity index (χ4n) is 2.33. The van der Waals surface area contributed by atoms with Gasteiger partial charge in [0.15, 0.2) is 0 Å². The number of nitrogens with one attached hydrogen (secondary N) is 3. The average molecular weight is 469 g/mol. The molecule has 0 bridgehead atoms. The van der Waals surface area contributed by atoms with Gasteiger partial charge in [0.2, 0.25) is 0 Å². The molecule has 11 heteroatoms. The van der Waals surface area contributed by atoms with Gasteiger partial charge >= 0.3 is 168 Å². The number of amides is 1. The van der Waals surface area contributed by atoms with E-state index in [0.717, 1.165) is 6.26 Å². The van der Waals surface area contributed by atoms with Crippen LogP contribution in [0.3, 0.4) is 0 Å². The van der Waals surface area contributed by atoms with Gasteiger partial charge in [-0.2, -0.15) is 0 Å². The third kappa shape index (κ3) is 8.72. The zero-order valence-corrected chi connectivity index (χ0v) is 19.7. The fourth-order valence-corrected chi connectivity index (χ4v) is 7.61. The first kappa shape index (κ1) is 26.0. The third-order valence-corrected chi connectivity index (χ3v) is 8.44. The Morgan fingerprint density at radius 3 is 2.11 bits per heavy atom. The van der Waals surface area contributed by atoms with E-state index in [0.29, 0.717) is 12.8 Å². The molecule has 0 aliphatic carbocycles. The number of aliphatic carboxylic acids is 1. The number of hydrogen-bond donors (Lipinski definition) is 4. The average Bonchev–Trinajstić information content (AvgIpc) is 2.54. The third-order valence-electron chi connectivity index (χ3n) is 4.04. The zero-order chi connectivity index (χ0) is 21.4. The van der Waals surface area contributed by atoms with Crippen LogP contribution in [0.25, 0.3) is 0 Å². The van der Waals surface area contributed by atoms with E-state index in [4.69, 9.17) is 0 Å². The van der Waals surface area contributed by atoms with Crippen LogP contribution in [0.2, 0.25) is 0 Å². The second-order valence-corrected chi connectivity index (χ2v) is 12.0. The van der Waals surface area contributed by atoms with Crippen molar-refractivity contribution in [3.8, 4) is 0 Å². The van der Waals surface area contributed by atoms with Crippen LogP contribution in [0.1, 0.15) is 47.0 Å². The summed E-state index contributed by atoms with van der Waals surface area (Å²) in [7, 11) is -2.23. The van der Waals surface area contributed by atoms with Gasteiger partial charge in [-0.25, -0.2) is 0 Å². The molecular weight excluding hydrogens is 437 g/mol. The predicted molar refractivity (Wildman–Crippen MR) is 105 cm³/mol. The van der Waals surface area contributed by atoms with E-state index in [1.54, 1.807) is 27.8 Å². The maximum absolute atomic E-state index is 12.9. The number of carboxylic acids is 1. The monoisotopic (exact) mass is 469 g/mol. The molecular formula is C16H32AsN3O6S. The molecule has 0 heterocycles. The van der Waals surface area contributed by atoms with Crippen molar-refractivity contribution < 1.29 is 27.9 Å². The molecule has 158 valence electrons. The molecule has 0 saturated carbocycles.